The normalized spacial score (nSPS) is 27.2. The zero-order chi connectivity index (χ0) is 35.4. The van der Waals surface area contributed by atoms with E-state index in [1.807, 2.05) is 37.4 Å². The zero-order valence-corrected chi connectivity index (χ0v) is 29.4. The molecule has 0 aliphatic carbocycles. The minimum Gasteiger partial charge on any atom is -0.443 e. The van der Waals surface area contributed by atoms with Gasteiger partial charge in [0.1, 0.15) is 35.5 Å². The molecular formula is C38H40ClF3N7O2+. The maximum atomic E-state index is 16.8. The molecule has 1 unspecified atom stereocenters. The lowest BCUT2D eigenvalue weighted by Gasteiger charge is -2.35. The number of nitrogens with zero attached hydrogens (tertiary/aromatic N) is 7. The number of carbonyl (C=O) groups excluding carboxylic acids is 1. The van der Waals surface area contributed by atoms with Crippen LogP contribution in [0, 0.1) is 11.7 Å². The van der Waals surface area contributed by atoms with Crippen LogP contribution in [0.4, 0.5) is 19.0 Å². The molecule has 4 aliphatic rings. The molecule has 4 aromatic rings. The number of hydrogen-bond donors (Lipinski definition) is 0. The van der Waals surface area contributed by atoms with Gasteiger partial charge in [-0.3, -0.25) is 19.6 Å². The molecule has 5 atom stereocenters. The molecule has 2 aromatic carbocycles. The van der Waals surface area contributed by atoms with Crippen LogP contribution in [0.1, 0.15) is 25.7 Å². The van der Waals surface area contributed by atoms with Crippen molar-refractivity contribution in [1.29, 1.82) is 0 Å². The van der Waals surface area contributed by atoms with Gasteiger partial charge in [-0.25, -0.2) is 17.7 Å². The highest BCUT2D eigenvalue weighted by atomic mass is 35.5. The second-order valence-corrected chi connectivity index (χ2v) is 14.8. The quantitative estimate of drug-likeness (QED) is 0.126. The predicted octanol–water partition coefficient (Wildman–Crippen LogP) is 5.99. The number of alkyl halides is 2. The van der Waals surface area contributed by atoms with E-state index in [1.54, 1.807) is 30.0 Å². The molecule has 4 saturated heterocycles. The van der Waals surface area contributed by atoms with Gasteiger partial charge in [0.15, 0.2) is 5.82 Å². The second-order valence-electron chi connectivity index (χ2n) is 14.4. The first-order valence-corrected chi connectivity index (χ1v) is 17.9. The third-order valence-corrected chi connectivity index (χ3v) is 11.5. The van der Waals surface area contributed by atoms with E-state index in [-0.39, 0.29) is 54.7 Å². The van der Waals surface area contributed by atoms with Crippen molar-refractivity contribution in [3.8, 4) is 17.3 Å². The maximum Gasteiger partial charge on any atom is 0.434 e. The van der Waals surface area contributed by atoms with Crippen LogP contribution >= 0.6 is 11.6 Å². The summed E-state index contributed by atoms with van der Waals surface area (Å²) in [4.78, 5) is 32.5. The molecule has 2 aromatic heterocycles. The van der Waals surface area contributed by atoms with E-state index >= 15 is 8.78 Å². The van der Waals surface area contributed by atoms with Crippen molar-refractivity contribution >= 4 is 51.2 Å². The number of pyridine rings is 1. The Bertz CT molecular complexity index is 2080. The predicted molar refractivity (Wildman–Crippen MR) is 191 cm³/mol. The highest BCUT2D eigenvalue weighted by molar-refractivity contribution is 6.36. The summed E-state index contributed by atoms with van der Waals surface area (Å²) in [5.74, 6) is -1.27. The van der Waals surface area contributed by atoms with Crippen LogP contribution in [0.2, 0.25) is 5.02 Å². The molecule has 51 heavy (non-hydrogen) atoms. The Balaban J connectivity index is 1.16. The average Bonchev–Trinajstić information content (AvgIpc) is 3.77. The van der Waals surface area contributed by atoms with Crippen LogP contribution < -0.4 is 4.74 Å². The van der Waals surface area contributed by atoms with Crippen LogP contribution in [-0.2, 0) is 4.79 Å². The first kappa shape index (κ1) is 34.0. The molecule has 13 heteroatoms. The van der Waals surface area contributed by atoms with Crippen molar-refractivity contribution in [1.82, 2.24) is 29.7 Å². The third kappa shape index (κ3) is 6.25. The molecule has 0 spiro atoms. The highest BCUT2D eigenvalue weighted by Crippen LogP contribution is 2.41. The molecule has 0 saturated carbocycles. The second kappa shape index (κ2) is 13.4. The number of benzene rings is 2. The molecule has 266 valence electrons. The van der Waals surface area contributed by atoms with E-state index in [0.717, 1.165) is 37.7 Å². The number of rotatable bonds is 8. The van der Waals surface area contributed by atoms with Gasteiger partial charge in [0.2, 0.25) is 5.91 Å². The van der Waals surface area contributed by atoms with Crippen molar-refractivity contribution in [2.45, 2.75) is 49.6 Å². The van der Waals surface area contributed by atoms with Gasteiger partial charge >= 0.3 is 11.8 Å². The summed E-state index contributed by atoms with van der Waals surface area (Å²) in [5, 5.41) is 2.26. The highest BCUT2D eigenvalue weighted by Gasteiger charge is 2.49. The Kier molecular flexibility index (Phi) is 8.96. The van der Waals surface area contributed by atoms with Gasteiger partial charge in [-0.15, -0.1) is 0 Å². The molecule has 0 N–H and O–H groups in total. The minimum absolute atomic E-state index is 0.0222. The van der Waals surface area contributed by atoms with E-state index in [2.05, 4.69) is 19.8 Å². The number of carbonyl (C=O) groups is 1. The Morgan fingerprint density at radius 2 is 1.96 bits per heavy atom. The zero-order valence-electron chi connectivity index (χ0n) is 28.6. The van der Waals surface area contributed by atoms with E-state index < -0.39 is 29.6 Å². The topological polar surface area (TPSA) is 77.7 Å². The van der Waals surface area contributed by atoms with Crippen LogP contribution in [0.15, 0.2) is 54.7 Å². The van der Waals surface area contributed by atoms with Crippen LogP contribution in [0.3, 0.4) is 0 Å². The fourth-order valence-electron chi connectivity index (χ4n) is 8.23. The summed E-state index contributed by atoms with van der Waals surface area (Å²) in [6.45, 7) is 2.45. The van der Waals surface area contributed by atoms with E-state index in [1.165, 1.54) is 17.2 Å². The molecular weight excluding hydrogens is 679 g/mol. The van der Waals surface area contributed by atoms with Gasteiger partial charge in [0.05, 0.1) is 31.3 Å². The fourth-order valence-corrected chi connectivity index (χ4v) is 8.51. The molecule has 8 rings (SSSR count). The lowest BCUT2D eigenvalue weighted by molar-refractivity contribution is -0.405. The summed E-state index contributed by atoms with van der Waals surface area (Å²) in [6.07, 6.45) is 7.42. The maximum absolute atomic E-state index is 16.8. The van der Waals surface area contributed by atoms with Gasteiger partial charge in [0, 0.05) is 65.3 Å². The molecule has 1 amide bonds. The summed E-state index contributed by atoms with van der Waals surface area (Å²) in [7, 11) is 3.70. The molecule has 0 radical (unpaired) electrons. The first-order valence-electron chi connectivity index (χ1n) is 17.6. The number of ether oxygens (including phenoxy) is 1. The van der Waals surface area contributed by atoms with Gasteiger partial charge in [-0.2, -0.15) is 4.98 Å². The Hall–Kier alpha value is -4.13. The largest absolute Gasteiger partial charge is 0.443 e. The van der Waals surface area contributed by atoms with Crippen molar-refractivity contribution in [3.63, 3.8) is 0 Å². The standard InChI is InChI=1S/C38H40ClF3N7O2/c1-46-15-12-26(46)10-11-31(50)48-19-24(30(41)21-48)18-47(2)36-28-17-43-34(27-8-3-6-23-7-4-9-29(39)32(23)27)33(42)35(28)44-37(45-36)51-22-38-13-5-14-49(38)20-25(40)16-38/h3-4,6-11,17-18,24-26,30H,5,12-16,19-22H2,1-2H3/q+1/b11-10+,47-18+/t24?,25-,26-,30-,38+/m1/s1. The SMILES string of the molecule is CN1CC[C@H]1/C=C/C(=O)N1CC(/C=[N+](\C)c2nc(OC[C@@]34CCCN3C[C@H](F)C4)nc3c(F)c(-c4cccc5cccc(Cl)c45)ncc23)[C@H](F)C1. The fraction of sp³-hybridized carbons (Fsp3) is 0.447. The lowest BCUT2D eigenvalue weighted by Crippen LogP contribution is -2.43. The summed E-state index contributed by atoms with van der Waals surface area (Å²) >= 11 is 6.60. The Morgan fingerprint density at radius 1 is 1.14 bits per heavy atom. The summed E-state index contributed by atoms with van der Waals surface area (Å²) in [5.41, 5.74) is 0.0805. The molecule has 4 aliphatic heterocycles. The number of likely N-dealkylation sites (N-methyl/N-ethyl adjacent to an activating group) is 1. The Morgan fingerprint density at radius 3 is 2.75 bits per heavy atom. The van der Waals surface area contributed by atoms with Gasteiger partial charge in [-0.1, -0.05) is 48.0 Å². The molecule has 4 fully saturated rings. The summed E-state index contributed by atoms with van der Waals surface area (Å²) < 4.78 is 54.6. The lowest BCUT2D eigenvalue weighted by atomic mass is 9.95. The third-order valence-electron chi connectivity index (χ3n) is 11.1. The van der Waals surface area contributed by atoms with Crippen LogP contribution in [-0.4, -0.2) is 124 Å². The van der Waals surface area contributed by atoms with Crippen molar-refractivity contribution in [2.24, 2.45) is 5.92 Å². The summed E-state index contributed by atoms with van der Waals surface area (Å²) in [6, 6.07) is 11.1. The molecule has 6 heterocycles. The average molecular weight is 719 g/mol. The van der Waals surface area contributed by atoms with Crippen LogP contribution in [0.5, 0.6) is 6.01 Å². The monoisotopic (exact) mass is 718 g/mol. The van der Waals surface area contributed by atoms with E-state index in [0.29, 0.717) is 34.3 Å². The van der Waals surface area contributed by atoms with E-state index in [9.17, 15) is 9.18 Å². The van der Waals surface area contributed by atoms with Crippen molar-refractivity contribution < 1.29 is 27.3 Å². The van der Waals surface area contributed by atoms with Gasteiger partial charge < -0.3 is 9.64 Å². The first-order chi connectivity index (χ1) is 24.6. The minimum atomic E-state index is -1.30. The number of fused-ring (bicyclic) bond motifs is 3. The molecule has 0 bridgehead atoms. The smallest absolute Gasteiger partial charge is 0.434 e. The van der Waals surface area contributed by atoms with Gasteiger partial charge in [-0.05, 0) is 44.3 Å². The Labute approximate surface area is 299 Å². The number of aromatic nitrogens is 3. The number of amides is 1. The number of halogens is 4. The van der Waals surface area contributed by atoms with Crippen molar-refractivity contribution in [2.75, 3.05) is 53.4 Å². The number of likely N-dealkylation sites (tertiary alicyclic amines) is 2. The van der Waals surface area contributed by atoms with E-state index in [4.69, 9.17) is 21.3 Å². The molecule has 9 nitrogen and oxygen atoms in total. The number of hydrogen-bond acceptors (Lipinski definition) is 7. The van der Waals surface area contributed by atoms with Crippen LogP contribution in [0.25, 0.3) is 32.9 Å². The van der Waals surface area contributed by atoms with Crippen molar-refractivity contribution in [3.05, 3.63) is 65.6 Å². The van der Waals surface area contributed by atoms with Gasteiger partial charge in [0.25, 0.3) is 0 Å².